The van der Waals surface area contributed by atoms with Gasteiger partial charge in [-0.25, -0.2) is 0 Å². The van der Waals surface area contributed by atoms with Gasteiger partial charge in [0.2, 0.25) is 0 Å². The highest BCUT2D eigenvalue weighted by atomic mass is 16.5. The maximum atomic E-state index is 11.7. The summed E-state index contributed by atoms with van der Waals surface area (Å²) in [7, 11) is 2.01. The van der Waals surface area contributed by atoms with E-state index in [9.17, 15) is 4.79 Å². The molecule has 0 aromatic carbocycles. The number of likely N-dealkylation sites (N-methyl/N-ethyl adjacent to an activating group) is 1. The quantitative estimate of drug-likeness (QED) is 0.689. The molecule has 1 aliphatic heterocycles. The van der Waals surface area contributed by atoms with E-state index in [0.29, 0.717) is 12.6 Å². The van der Waals surface area contributed by atoms with Crippen molar-refractivity contribution in [1.29, 1.82) is 0 Å². The van der Waals surface area contributed by atoms with Gasteiger partial charge in [-0.05, 0) is 39.8 Å². The normalized spacial score (nSPS) is 22.4. The Morgan fingerprint density at radius 1 is 1.56 bits per heavy atom. The van der Waals surface area contributed by atoms with Crippen LogP contribution in [0, 0.1) is 0 Å². The van der Waals surface area contributed by atoms with Crippen LogP contribution in [-0.4, -0.2) is 49.7 Å². The topological polar surface area (TPSA) is 41.6 Å². The van der Waals surface area contributed by atoms with Gasteiger partial charge in [-0.3, -0.25) is 9.69 Å². The van der Waals surface area contributed by atoms with Crippen LogP contribution in [-0.2, 0) is 9.53 Å². The van der Waals surface area contributed by atoms with Crippen LogP contribution in [0.1, 0.15) is 33.1 Å². The lowest BCUT2D eigenvalue weighted by Crippen LogP contribution is -2.45. The van der Waals surface area contributed by atoms with E-state index >= 15 is 0 Å². The zero-order chi connectivity index (χ0) is 12.0. The number of nitrogens with zero attached hydrogens (tertiary/aromatic N) is 1. The molecular weight excluding hydrogens is 204 g/mol. The summed E-state index contributed by atoms with van der Waals surface area (Å²) in [5.41, 5.74) is 0. The summed E-state index contributed by atoms with van der Waals surface area (Å²) >= 11 is 0. The van der Waals surface area contributed by atoms with Gasteiger partial charge in [0.25, 0.3) is 0 Å². The number of esters is 1. The Hall–Kier alpha value is -0.610. The number of rotatable bonds is 6. The van der Waals surface area contributed by atoms with Gasteiger partial charge in [0.15, 0.2) is 0 Å². The second-order valence-corrected chi connectivity index (χ2v) is 4.41. The van der Waals surface area contributed by atoms with Crippen LogP contribution in [0.25, 0.3) is 0 Å². The Bertz CT molecular complexity index is 215. The standard InChI is InChI=1S/C12H24N2O2/c1-4-11(12(15)16-5-2)14(3)9-10-7-6-8-13-10/h10-11,13H,4-9H2,1-3H3. The first kappa shape index (κ1) is 13.5. The fourth-order valence-electron chi connectivity index (χ4n) is 2.28. The van der Waals surface area contributed by atoms with Gasteiger partial charge in [0, 0.05) is 12.6 Å². The van der Waals surface area contributed by atoms with Gasteiger partial charge in [-0.15, -0.1) is 0 Å². The third-order valence-corrected chi connectivity index (χ3v) is 3.15. The predicted molar refractivity (Wildman–Crippen MR) is 64.4 cm³/mol. The molecule has 1 heterocycles. The zero-order valence-electron chi connectivity index (χ0n) is 10.7. The Morgan fingerprint density at radius 3 is 2.81 bits per heavy atom. The highest BCUT2D eigenvalue weighted by Gasteiger charge is 2.25. The van der Waals surface area contributed by atoms with E-state index < -0.39 is 0 Å². The number of hydrogen-bond acceptors (Lipinski definition) is 4. The average molecular weight is 228 g/mol. The molecule has 2 unspecified atom stereocenters. The van der Waals surface area contributed by atoms with Crippen LogP contribution in [0.2, 0.25) is 0 Å². The number of ether oxygens (including phenoxy) is 1. The minimum atomic E-state index is -0.0950. The molecule has 0 bridgehead atoms. The predicted octanol–water partition coefficient (Wildman–Crippen LogP) is 1.01. The van der Waals surface area contributed by atoms with Gasteiger partial charge >= 0.3 is 5.97 Å². The maximum Gasteiger partial charge on any atom is 0.323 e. The number of nitrogens with one attached hydrogen (secondary N) is 1. The molecule has 4 nitrogen and oxygen atoms in total. The van der Waals surface area contributed by atoms with E-state index in [1.54, 1.807) is 0 Å². The Balaban J connectivity index is 2.41. The highest BCUT2D eigenvalue weighted by molar-refractivity contribution is 5.75. The lowest BCUT2D eigenvalue weighted by molar-refractivity contribution is -0.149. The van der Waals surface area contributed by atoms with E-state index in [4.69, 9.17) is 4.74 Å². The van der Waals surface area contributed by atoms with Gasteiger partial charge in [0.1, 0.15) is 6.04 Å². The van der Waals surface area contributed by atoms with Crippen molar-refractivity contribution < 1.29 is 9.53 Å². The summed E-state index contributed by atoms with van der Waals surface area (Å²) in [5.74, 6) is -0.0921. The fourth-order valence-corrected chi connectivity index (χ4v) is 2.28. The molecular formula is C12H24N2O2. The monoisotopic (exact) mass is 228 g/mol. The molecule has 1 saturated heterocycles. The molecule has 0 spiro atoms. The van der Waals surface area contributed by atoms with E-state index in [1.807, 2.05) is 20.9 Å². The van der Waals surface area contributed by atoms with Crippen molar-refractivity contribution in [3.8, 4) is 0 Å². The molecule has 94 valence electrons. The van der Waals surface area contributed by atoms with Gasteiger partial charge < -0.3 is 10.1 Å². The molecule has 0 amide bonds. The molecule has 2 atom stereocenters. The molecule has 16 heavy (non-hydrogen) atoms. The van der Waals surface area contributed by atoms with Crippen LogP contribution >= 0.6 is 0 Å². The van der Waals surface area contributed by atoms with Gasteiger partial charge in [-0.1, -0.05) is 6.92 Å². The SMILES string of the molecule is CCOC(=O)C(CC)N(C)CC1CCCN1. The van der Waals surface area contributed by atoms with Crippen molar-refractivity contribution in [3.63, 3.8) is 0 Å². The lowest BCUT2D eigenvalue weighted by Gasteiger charge is -2.27. The smallest absolute Gasteiger partial charge is 0.323 e. The van der Waals surface area contributed by atoms with Crippen molar-refractivity contribution in [2.75, 3.05) is 26.7 Å². The maximum absolute atomic E-state index is 11.7. The van der Waals surface area contributed by atoms with Crippen LogP contribution < -0.4 is 5.32 Å². The summed E-state index contributed by atoms with van der Waals surface area (Å²) in [6.45, 7) is 6.38. The van der Waals surface area contributed by atoms with Crippen molar-refractivity contribution in [1.82, 2.24) is 10.2 Å². The largest absolute Gasteiger partial charge is 0.465 e. The average Bonchev–Trinajstić information content (AvgIpc) is 2.71. The third kappa shape index (κ3) is 3.76. The Labute approximate surface area is 98.3 Å². The molecule has 4 heteroatoms. The summed E-state index contributed by atoms with van der Waals surface area (Å²) in [5, 5.41) is 3.44. The van der Waals surface area contributed by atoms with Crippen LogP contribution in [0.15, 0.2) is 0 Å². The molecule has 0 aromatic heterocycles. The summed E-state index contributed by atoms with van der Waals surface area (Å²) in [4.78, 5) is 13.8. The van der Waals surface area contributed by atoms with Crippen LogP contribution in [0.5, 0.6) is 0 Å². The van der Waals surface area contributed by atoms with Gasteiger partial charge in [-0.2, -0.15) is 0 Å². The fraction of sp³-hybridized carbons (Fsp3) is 0.917. The number of carbonyl (C=O) groups is 1. The summed E-state index contributed by atoms with van der Waals surface area (Å²) in [6, 6.07) is 0.441. The molecule has 1 aliphatic rings. The first-order valence-corrected chi connectivity index (χ1v) is 6.29. The summed E-state index contributed by atoms with van der Waals surface area (Å²) in [6.07, 6.45) is 3.26. The van der Waals surface area contributed by atoms with E-state index in [1.165, 1.54) is 12.8 Å². The van der Waals surface area contributed by atoms with Crippen LogP contribution in [0.4, 0.5) is 0 Å². The second kappa shape index (κ2) is 6.86. The Kier molecular flexibility index (Phi) is 5.77. The molecule has 1 N–H and O–H groups in total. The molecule has 0 aromatic rings. The first-order valence-electron chi connectivity index (χ1n) is 6.29. The molecule has 1 rings (SSSR count). The highest BCUT2D eigenvalue weighted by Crippen LogP contribution is 2.10. The third-order valence-electron chi connectivity index (χ3n) is 3.15. The van der Waals surface area contributed by atoms with Crippen molar-refractivity contribution >= 4 is 5.97 Å². The minimum absolute atomic E-state index is 0.0921. The van der Waals surface area contributed by atoms with Crippen LogP contribution in [0.3, 0.4) is 0 Å². The van der Waals surface area contributed by atoms with E-state index in [0.717, 1.165) is 19.5 Å². The number of hydrogen-bond donors (Lipinski definition) is 1. The van der Waals surface area contributed by atoms with Gasteiger partial charge in [0.05, 0.1) is 6.61 Å². The lowest BCUT2D eigenvalue weighted by atomic mass is 10.1. The minimum Gasteiger partial charge on any atom is -0.465 e. The number of carbonyl (C=O) groups excluding carboxylic acids is 1. The van der Waals surface area contributed by atoms with Crippen molar-refractivity contribution in [2.24, 2.45) is 0 Å². The summed E-state index contributed by atoms with van der Waals surface area (Å²) < 4.78 is 5.08. The zero-order valence-corrected chi connectivity index (χ0v) is 10.7. The van der Waals surface area contributed by atoms with Crippen molar-refractivity contribution in [2.45, 2.75) is 45.2 Å². The van der Waals surface area contributed by atoms with E-state index in [2.05, 4.69) is 10.2 Å². The Morgan fingerprint density at radius 2 is 2.31 bits per heavy atom. The second-order valence-electron chi connectivity index (χ2n) is 4.41. The molecule has 0 saturated carbocycles. The molecule has 0 radical (unpaired) electrons. The van der Waals surface area contributed by atoms with E-state index in [-0.39, 0.29) is 12.0 Å². The molecule has 1 fully saturated rings. The first-order chi connectivity index (χ1) is 7.69. The molecule has 0 aliphatic carbocycles. The van der Waals surface area contributed by atoms with Crippen molar-refractivity contribution in [3.05, 3.63) is 0 Å².